The molecule has 1 aromatic rings. The summed E-state index contributed by atoms with van der Waals surface area (Å²) in [6, 6.07) is 0.276. The number of rotatable bonds is 3. The highest BCUT2D eigenvalue weighted by atomic mass is 16.3. The molecule has 2 rings (SSSR count). The first-order valence-corrected chi connectivity index (χ1v) is 5.66. The molecule has 2 N–H and O–H groups in total. The van der Waals surface area contributed by atoms with Crippen molar-refractivity contribution in [3.8, 4) is 0 Å². The summed E-state index contributed by atoms with van der Waals surface area (Å²) >= 11 is 0. The van der Waals surface area contributed by atoms with Crippen molar-refractivity contribution in [1.29, 1.82) is 0 Å². The number of hydrogen-bond donors (Lipinski definition) is 2. The Balaban J connectivity index is 2.03. The molecule has 0 aliphatic carbocycles. The van der Waals surface area contributed by atoms with Crippen molar-refractivity contribution < 1.29 is 9.21 Å². The third kappa shape index (κ3) is 2.41. The van der Waals surface area contributed by atoms with Crippen molar-refractivity contribution in [1.82, 2.24) is 15.6 Å². The average Bonchev–Trinajstić information content (AvgIpc) is 2.87. The monoisotopic (exact) mass is 223 g/mol. The topological polar surface area (TPSA) is 67.2 Å². The number of carbonyl (C=O) groups is 1. The van der Waals surface area contributed by atoms with E-state index in [0.717, 1.165) is 19.4 Å². The Kier molecular flexibility index (Phi) is 3.24. The van der Waals surface area contributed by atoms with Crippen LogP contribution in [0.2, 0.25) is 0 Å². The lowest BCUT2D eigenvalue weighted by molar-refractivity contribution is 0.0938. The number of aromatic nitrogens is 1. The van der Waals surface area contributed by atoms with E-state index in [4.69, 9.17) is 4.42 Å². The van der Waals surface area contributed by atoms with Crippen molar-refractivity contribution in [2.24, 2.45) is 0 Å². The summed E-state index contributed by atoms with van der Waals surface area (Å²) in [5, 5.41) is 6.06. The van der Waals surface area contributed by atoms with Gasteiger partial charge in [0.15, 0.2) is 5.69 Å². The summed E-state index contributed by atoms with van der Waals surface area (Å²) in [5.74, 6) is 0.439. The van der Waals surface area contributed by atoms with E-state index in [-0.39, 0.29) is 18.0 Å². The molecule has 0 spiro atoms. The molecule has 1 atom stereocenters. The van der Waals surface area contributed by atoms with E-state index in [0.29, 0.717) is 11.6 Å². The highest BCUT2D eigenvalue weighted by molar-refractivity contribution is 5.92. The fourth-order valence-electron chi connectivity index (χ4n) is 1.78. The zero-order chi connectivity index (χ0) is 11.5. The van der Waals surface area contributed by atoms with E-state index in [1.807, 2.05) is 13.8 Å². The minimum atomic E-state index is -0.178. The number of amides is 1. The average molecular weight is 223 g/mol. The molecule has 88 valence electrons. The van der Waals surface area contributed by atoms with Gasteiger partial charge in [0.25, 0.3) is 5.91 Å². The third-order valence-electron chi connectivity index (χ3n) is 2.53. The summed E-state index contributed by atoms with van der Waals surface area (Å²) in [7, 11) is 0. The molecule has 0 radical (unpaired) electrons. The van der Waals surface area contributed by atoms with E-state index < -0.39 is 0 Å². The van der Waals surface area contributed by atoms with Crippen molar-refractivity contribution >= 4 is 5.91 Å². The van der Waals surface area contributed by atoms with Crippen molar-refractivity contribution in [2.45, 2.75) is 38.8 Å². The molecule has 1 aliphatic heterocycles. The molecule has 16 heavy (non-hydrogen) atoms. The highest BCUT2D eigenvalue weighted by Gasteiger charge is 2.22. The van der Waals surface area contributed by atoms with Crippen LogP contribution in [0.4, 0.5) is 0 Å². The Hall–Kier alpha value is -1.36. The second-order valence-electron chi connectivity index (χ2n) is 4.35. The summed E-state index contributed by atoms with van der Waals surface area (Å²) < 4.78 is 5.32. The first-order chi connectivity index (χ1) is 7.66. The third-order valence-corrected chi connectivity index (χ3v) is 2.53. The van der Waals surface area contributed by atoms with Gasteiger partial charge in [0.05, 0.1) is 6.04 Å². The van der Waals surface area contributed by atoms with Crippen molar-refractivity contribution in [3.05, 3.63) is 17.8 Å². The molecule has 1 fully saturated rings. The van der Waals surface area contributed by atoms with Gasteiger partial charge in [0.1, 0.15) is 6.26 Å². The van der Waals surface area contributed by atoms with Crippen LogP contribution in [0.15, 0.2) is 10.7 Å². The molecule has 1 unspecified atom stereocenters. The molecular formula is C11H17N3O2. The molecule has 2 heterocycles. The fourth-order valence-corrected chi connectivity index (χ4v) is 1.78. The second kappa shape index (κ2) is 4.65. The molecule has 5 nitrogen and oxygen atoms in total. The highest BCUT2D eigenvalue weighted by Crippen LogP contribution is 2.22. The summed E-state index contributed by atoms with van der Waals surface area (Å²) in [5.41, 5.74) is 0.359. The van der Waals surface area contributed by atoms with Gasteiger partial charge in [-0.15, -0.1) is 0 Å². The van der Waals surface area contributed by atoms with Gasteiger partial charge in [-0.1, -0.05) is 0 Å². The Morgan fingerprint density at radius 3 is 3.12 bits per heavy atom. The van der Waals surface area contributed by atoms with Gasteiger partial charge in [-0.2, -0.15) is 0 Å². The second-order valence-corrected chi connectivity index (χ2v) is 4.35. The Morgan fingerprint density at radius 2 is 2.50 bits per heavy atom. The van der Waals surface area contributed by atoms with Crippen LogP contribution in [0.5, 0.6) is 0 Å². The van der Waals surface area contributed by atoms with E-state index in [2.05, 4.69) is 15.6 Å². The van der Waals surface area contributed by atoms with Gasteiger partial charge < -0.3 is 15.1 Å². The van der Waals surface area contributed by atoms with E-state index in [1.165, 1.54) is 6.26 Å². The maximum atomic E-state index is 11.6. The van der Waals surface area contributed by atoms with Crippen LogP contribution < -0.4 is 10.6 Å². The summed E-state index contributed by atoms with van der Waals surface area (Å²) in [6.07, 6.45) is 3.57. The molecule has 1 amide bonds. The zero-order valence-corrected chi connectivity index (χ0v) is 9.62. The molecule has 1 aromatic heterocycles. The van der Waals surface area contributed by atoms with Crippen LogP contribution in [0.25, 0.3) is 0 Å². The zero-order valence-electron chi connectivity index (χ0n) is 9.62. The van der Waals surface area contributed by atoms with Crippen molar-refractivity contribution in [3.63, 3.8) is 0 Å². The SMILES string of the molecule is CC(C)NC(=O)c1coc(C2CCCN2)n1. The molecule has 1 aliphatic rings. The molecule has 1 saturated heterocycles. The first-order valence-electron chi connectivity index (χ1n) is 5.66. The van der Waals surface area contributed by atoms with Gasteiger partial charge in [0, 0.05) is 6.04 Å². The van der Waals surface area contributed by atoms with Crippen molar-refractivity contribution in [2.75, 3.05) is 6.54 Å². The lowest BCUT2D eigenvalue weighted by Crippen LogP contribution is -2.30. The number of oxazole rings is 1. The van der Waals surface area contributed by atoms with Gasteiger partial charge in [-0.25, -0.2) is 4.98 Å². The van der Waals surface area contributed by atoms with Gasteiger partial charge in [-0.05, 0) is 33.2 Å². The quantitative estimate of drug-likeness (QED) is 0.809. The lowest BCUT2D eigenvalue weighted by atomic mass is 10.2. The van der Waals surface area contributed by atoms with Crippen LogP contribution in [-0.4, -0.2) is 23.5 Å². The Labute approximate surface area is 94.6 Å². The minimum absolute atomic E-state index is 0.109. The van der Waals surface area contributed by atoms with E-state index in [9.17, 15) is 4.79 Å². The van der Waals surface area contributed by atoms with Crippen LogP contribution >= 0.6 is 0 Å². The standard InChI is InChI=1S/C11H17N3O2/c1-7(2)13-10(15)9-6-16-11(14-9)8-4-3-5-12-8/h6-8,12H,3-5H2,1-2H3,(H,13,15). The molecule has 5 heteroatoms. The van der Waals surface area contributed by atoms with E-state index in [1.54, 1.807) is 0 Å². The molecule has 0 saturated carbocycles. The Morgan fingerprint density at radius 1 is 1.69 bits per heavy atom. The lowest BCUT2D eigenvalue weighted by Gasteiger charge is -2.05. The van der Waals surface area contributed by atoms with Crippen LogP contribution in [0.1, 0.15) is 49.1 Å². The van der Waals surface area contributed by atoms with Crippen LogP contribution in [0, 0.1) is 0 Å². The normalized spacial score (nSPS) is 20.3. The van der Waals surface area contributed by atoms with Gasteiger partial charge in [0.2, 0.25) is 5.89 Å². The molecule has 0 bridgehead atoms. The number of nitrogens with zero attached hydrogens (tertiary/aromatic N) is 1. The van der Waals surface area contributed by atoms with Gasteiger partial charge >= 0.3 is 0 Å². The summed E-state index contributed by atoms with van der Waals surface area (Å²) in [4.78, 5) is 15.8. The number of hydrogen-bond acceptors (Lipinski definition) is 4. The number of carbonyl (C=O) groups excluding carboxylic acids is 1. The molecular weight excluding hydrogens is 206 g/mol. The minimum Gasteiger partial charge on any atom is -0.446 e. The maximum Gasteiger partial charge on any atom is 0.273 e. The fraction of sp³-hybridized carbons (Fsp3) is 0.636. The smallest absolute Gasteiger partial charge is 0.273 e. The maximum absolute atomic E-state index is 11.6. The number of nitrogens with one attached hydrogen (secondary N) is 2. The predicted octanol–water partition coefficient (Wildman–Crippen LogP) is 1.24. The Bertz CT molecular complexity index is 367. The largest absolute Gasteiger partial charge is 0.446 e. The van der Waals surface area contributed by atoms with Crippen LogP contribution in [0.3, 0.4) is 0 Å². The predicted molar refractivity (Wildman–Crippen MR) is 59.1 cm³/mol. The molecule has 0 aromatic carbocycles. The van der Waals surface area contributed by atoms with E-state index >= 15 is 0 Å². The first kappa shape index (κ1) is 11.1. The summed E-state index contributed by atoms with van der Waals surface area (Å²) in [6.45, 7) is 4.81. The van der Waals surface area contributed by atoms with Gasteiger partial charge in [-0.3, -0.25) is 4.79 Å². The van der Waals surface area contributed by atoms with Crippen LogP contribution in [-0.2, 0) is 0 Å².